The van der Waals surface area contributed by atoms with Gasteiger partial charge in [-0.05, 0) is 51.7 Å². The van der Waals surface area contributed by atoms with Gasteiger partial charge in [-0.1, -0.05) is 26.2 Å². The molecule has 0 bridgehead atoms. The van der Waals surface area contributed by atoms with Gasteiger partial charge < -0.3 is 10.2 Å². The zero-order chi connectivity index (χ0) is 11.4. The Bertz CT molecular complexity index is 197. The Morgan fingerprint density at radius 2 is 1.75 bits per heavy atom. The molecule has 0 radical (unpaired) electrons. The van der Waals surface area contributed by atoms with E-state index in [1.807, 2.05) is 0 Å². The third-order valence-electron chi connectivity index (χ3n) is 4.60. The highest BCUT2D eigenvalue weighted by molar-refractivity contribution is 4.85. The molecule has 0 amide bonds. The van der Waals surface area contributed by atoms with Gasteiger partial charge in [-0.2, -0.15) is 0 Å². The predicted molar refractivity (Wildman–Crippen MR) is 69.7 cm³/mol. The zero-order valence-electron chi connectivity index (χ0n) is 11.0. The Morgan fingerprint density at radius 1 is 1.06 bits per heavy atom. The summed E-state index contributed by atoms with van der Waals surface area (Å²) in [5.41, 5.74) is 0. The minimum atomic E-state index is 0.799. The summed E-state index contributed by atoms with van der Waals surface area (Å²) in [6.45, 7) is 4.92. The van der Waals surface area contributed by atoms with E-state index in [1.165, 1.54) is 58.0 Å². The second kappa shape index (κ2) is 6.02. The van der Waals surface area contributed by atoms with E-state index in [0.29, 0.717) is 0 Å². The van der Waals surface area contributed by atoms with Crippen molar-refractivity contribution in [3.05, 3.63) is 0 Å². The van der Waals surface area contributed by atoms with Crippen LogP contribution in [0.1, 0.15) is 51.9 Å². The molecule has 1 aliphatic carbocycles. The molecule has 1 heterocycles. The maximum atomic E-state index is 3.95. The number of hydrogen-bond donors (Lipinski definition) is 1. The number of rotatable bonds is 3. The van der Waals surface area contributed by atoms with Gasteiger partial charge >= 0.3 is 0 Å². The monoisotopic (exact) mass is 224 g/mol. The van der Waals surface area contributed by atoms with Crippen LogP contribution < -0.4 is 5.32 Å². The number of nitrogens with one attached hydrogen (secondary N) is 1. The van der Waals surface area contributed by atoms with Crippen LogP contribution in [0, 0.1) is 5.92 Å². The van der Waals surface area contributed by atoms with Gasteiger partial charge in [0.15, 0.2) is 0 Å². The molecule has 0 aromatic heterocycles. The minimum Gasteiger partial charge on any atom is -0.311 e. The van der Waals surface area contributed by atoms with Crippen molar-refractivity contribution < 1.29 is 0 Å². The standard InChI is InChI=1S/C14H28N2/c1-3-12-6-4-5-7-14(12)15-13-8-10-16(2)11-9-13/h12-15H,3-11H2,1-2H3. The van der Waals surface area contributed by atoms with E-state index < -0.39 is 0 Å². The van der Waals surface area contributed by atoms with Crippen molar-refractivity contribution in [1.29, 1.82) is 0 Å². The van der Waals surface area contributed by atoms with Crippen LogP contribution >= 0.6 is 0 Å². The highest BCUT2D eigenvalue weighted by atomic mass is 15.1. The number of likely N-dealkylation sites (tertiary alicyclic amines) is 1. The van der Waals surface area contributed by atoms with Crippen LogP contribution in [-0.2, 0) is 0 Å². The Balaban J connectivity index is 1.78. The van der Waals surface area contributed by atoms with Gasteiger partial charge in [-0.25, -0.2) is 0 Å². The number of hydrogen-bond acceptors (Lipinski definition) is 2. The molecule has 2 rings (SSSR count). The lowest BCUT2D eigenvalue weighted by atomic mass is 9.82. The van der Waals surface area contributed by atoms with Gasteiger partial charge in [0.25, 0.3) is 0 Å². The molecule has 0 aromatic rings. The smallest absolute Gasteiger partial charge is 0.00978 e. The number of piperidine rings is 1. The maximum Gasteiger partial charge on any atom is 0.00978 e. The summed E-state index contributed by atoms with van der Waals surface area (Å²) < 4.78 is 0. The topological polar surface area (TPSA) is 15.3 Å². The second-order valence-corrected chi connectivity index (χ2v) is 5.80. The highest BCUT2D eigenvalue weighted by Crippen LogP contribution is 2.27. The van der Waals surface area contributed by atoms with Gasteiger partial charge in [0.1, 0.15) is 0 Å². The van der Waals surface area contributed by atoms with E-state index in [2.05, 4.69) is 24.2 Å². The van der Waals surface area contributed by atoms with E-state index in [9.17, 15) is 0 Å². The molecular formula is C14H28N2. The summed E-state index contributed by atoms with van der Waals surface area (Å²) in [5.74, 6) is 0.952. The van der Waals surface area contributed by atoms with Crippen LogP contribution in [0.3, 0.4) is 0 Å². The van der Waals surface area contributed by atoms with Gasteiger partial charge in [0, 0.05) is 12.1 Å². The Hall–Kier alpha value is -0.0800. The molecule has 1 aliphatic heterocycles. The molecule has 1 N–H and O–H groups in total. The SMILES string of the molecule is CCC1CCCCC1NC1CCN(C)CC1. The Labute approximate surface area is 101 Å². The summed E-state index contributed by atoms with van der Waals surface area (Å²) in [6, 6.07) is 1.63. The molecule has 1 saturated heterocycles. The summed E-state index contributed by atoms with van der Waals surface area (Å²) >= 11 is 0. The van der Waals surface area contributed by atoms with Gasteiger partial charge in [-0.3, -0.25) is 0 Å². The lowest BCUT2D eigenvalue weighted by Crippen LogP contribution is -2.48. The minimum absolute atomic E-state index is 0.799. The van der Waals surface area contributed by atoms with E-state index in [1.54, 1.807) is 0 Å². The Morgan fingerprint density at radius 3 is 2.44 bits per heavy atom. The van der Waals surface area contributed by atoms with Crippen molar-refractivity contribution in [3.8, 4) is 0 Å². The van der Waals surface area contributed by atoms with E-state index >= 15 is 0 Å². The van der Waals surface area contributed by atoms with Crippen molar-refractivity contribution in [2.24, 2.45) is 5.92 Å². The van der Waals surface area contributed by atoms with Crippen molar-refractivity contribution in [1.82, 2.24) is 10.2 Å². The molecule has 2 aliphatic rings. The fourth-order valence-electron chi connectivity index (χ4n) is 3.39. The second-order valence-electron chi connectivity index (χ2n) is 5.80. The quantitative estimate of drug-likeness (QED) is 0.793. The summed E-state index contributed by atoms with van der Waals surface area (Å²) in [4.78, 5) is 2.45. The Kier molecular flexibility index (Phi) is 4.66. The fourth-order valence-corrected chi connectivity index (χ4v) is 3.39. The van der Waals surface area contributed by atoms with Gasteiger partial charge in [-0.15, -0.1) is 0 Å². The molecule has 2 heteroatoms. The average molecular weight is 224 g/mol. The van der Waals surface area contributed by atoms with Crippen molar-refractivity contribution in [2.75, 3.05) is 20.1 Å². The zero-order valence-corrected chi connectivity index (χ0v) is 11.0. The van der Waals surface area contributed by atoms with Crippen LogP contribution in [0.5, 0.6) is 0 Å². The van der Waals surface area contributed by atoms with Gasteiger partial charge in [0.05, 0.1) is 0 Å². The normalized spacial score (nSPS) is 34.1. The molecule has 2 nitrogen and oxygen atoms in total. The summed E-state index contributed by atoms with van der Waals surface area (Å²) in [7, 11) is 2.24. The molecule has 1 saturated carbocycles. The van der Waals surface area contributed by atoms with Gasteiger partial charge in [0.2, 0.25) is 0 Å². The third-order valence-corrected chi connectivity index (χ3v) is 4.60. The van der Waals surface area contributed by atoms with E-state index in [-0.39, 0.29) is 0 Å². The van der Waals surface area contributed by atoms with Crippen molar-refractivity contribution >= 4 is 0 Å². The molecule has 0 spiro atoms. The molecule has 2 fully saturated rings. The molecule has 0 aromatic carbocycles. The maximum absolute atomic E-state index is 3.95. The highest BCUT2D eigenvalue weighted by Gasteiger charge is 2.26. The van der Waals surface area contributed by atoms with Crippen LogP contribution in [0.25, 0.3) is 0 Å². The molecule has 16 heavy (non-hydrogen) atoms. The van der Waals surface area contributed by atoms with Crippen LogP contribution in [0.15, 0.2) is 0 Å². The predicted octanol–water partition coefficient (Wildman–Crippen LogP) is 2.64. The van der Waals surface area contributed by atoms with E-state index in [0.717, 1.165) is 18.0 Å². The fraction of sp³-hybridized carbons (Fsp3) is 1.00. The summed E-state index contributed by atoms with van der Waals surface area (Å²) in [5, 5.41) is 3.95. The summed E-state index contributed by atoms with van der Waals surface area (Å²) in [6.07, 6.45) is 9.85. The lowest BCUT2D eigenvalue weighted by Gasteiger charge is -2.37. The first-order valence-electron chi connectivity index (χ1n) is 7.24. The van der Waals surface area contributed by atoms with Crippen molar-refractivity contribution in [3.63, 3.8) is 0 Å². The first-order chi connectivity index (χ1) is 7.79. The third kappa shape index (κ3) is 3.21. The molecule has 2 atom stereocenters. The van der Waals surface area contributed by atoms with Crippen LogP contribution in [-0.4, -0.2) is 37.1 Å². The first-order valence-corrected chi connectivity index (χ1v) is 7.24. The van der Waals surface area contributed by atoms with Crippen LogP contribution in [0.4, 0.5) is 0 Å². The first kappa shape index (κ1) is 12.4. The van der Waals surface area contributed by atoms with Crippen molar-refractivity contribution in [2.45, 2.75) is 64.0 Å². The molecule has 2 unspecified atom stereocenters. The van der Waals surface area contributed by atoms with Crippen LogP contribution in [0.2, 0.25) is 0 Å². The van der Waals surface area contributed by atoms with E-state index in [4.69, 9.17) is 0 Å². The molecular weight excluding hydrogens is 196 g/mol. The molecule has 94 valence electrons. The average Bonchev–Trinajstić information content (AvgIpc) is 2.33. The lowest BCUT2D eigenvalue weighted by molar-refractivity contribution is 0.184. The number of nitrogens with zero attached hydrogens (tertiary/aromatic N) is 1. The largest absolute Gasteiger partial charge is 0.311 e.